The Balaban J connectivity index is 1.26. The highest BCUT2D eigenvalue weighted by molar-refractivity contribution is 5.90. The second-order valence-corrected chi connectivity index (χ2v) is 15.3. The van der Waals surface area contributed by atoms with Crippen LogP contribution < -0.4 is 10.6 Å². The summed E-state index contributed by atoms with van der Waals surface area (Å²) in [4.78, 5) is 2.48. The van der Waals surface area contributed by atoms with Crippen LogP contribution in [0.4, 0.5) is 22.7 Å². The average Bonchev–Trinajstić information content (AvgIpc) is 3.54. The normalized spacial score (nSPS) is 16.5. The molecule has 3 aliphatic rings. The Hall–Kier alpha value is -5.08. The minimum Gasteiger partial charge on any atom is -0.399 e. The quantitative estimate of drug-likeness (QED) is 0.203. The minimum atomic E-state index is -0.162. The van der Waals surface area contributed by atoms with E-state index in [1.54, 1.807) is 0 Å². The highest BCUT2D eigenvalue weighted by atomic mass is 15.1. The molecule has 3 aliphatic carbocycles. The van der Waals surface area contributed by atoms with Gasteiger partial charge in [0, 0.05) is 39.0 Å². The van der Waals surface area contributed by atoms with Crippen LogP contribution in [0.25, 0.3) is 33.4 Å². The Labute approximate surface area is 278 Å². The van der Waals surface area contributed by atoms with Crippen LogP contribution in [-0.4, -0.2) is 0 Å². The van der Waals surface area contributed by atoms with Gasteiger partial charge in [0.1, 0.15) is 0 Å². The van der Waals surface area contributed by atoms with Gasteiger partial charge in [-0.05, 0) is 115 Å². The molecule has 0 spiro atoms. The summed E-state index contributed by atoms with van der Waals surface area (Å²) in [5, 5.41) is 0. The highest BCUT2D eigenvalue weighted by Gasteiger charge is 2.39. The molecule has 2 nitrogen and oxygen atoms in total. The third-order valence-corrected chi connectivity index (χ3v) is 11.6. The predicted octanol–water partition coefficient (Wildman–Crippen LogP) is 11.7. The first kappa shape index (κ1) is 28.2. The van der Waals surface area contributed by atoms with Gasteiger partial charge in [-0.2, -0.15) is 0 Å². The van der Waals surface area contributed by atoms with Crippen LogP contribution in [0.5, 0.6) is 0 Å². The zero-order valence-electron chi connectivity index (χ0n) is 28.1. The molecule has 0 heterocycles. The fourth-order valence-corrected chi connectivity index (χ4v) is 8.99. The Morgan fingerprint density at radius 3 is 1.11 bits per heavy atom. The number of nitrogens with zero attached hydrogens (tertiary/aromatic N) is 1. The Morgan fingerprint density at radius 2 is 0.681 bits per heavy atom. The van der Waals surface area contributed by atoms with Crippen molar-refractivity contribution in [1.82, 2.24) is 0 Å². The molecular weight excluding hydrogens is 569 g/mol. The van der Waals surface area contributed by atoms with Gasteiger partial charge < -0.3 is 10.6 Å². The van der Waals surface area contributed by atoms with Crippen LogP contribution in [0.2, 0.25) is 0 Å². The molecule has 2 N–H and O–H groups in total. The molecule has 9 rings (SSSR count). The number of rotatable bonds is 3. The number of fused-ring (bicyclic) bond motifs is 9. The van der Waals surface area contributed by atoms with Crippen molar-refractivity contribution in [1.29, 1.82) is 0 Å². The molecule has 0 bridgehead atoms. The lowest BCUT2D eigenvalue weighted by Gasteiger charge is -2.31. The van der Waals surface area contributed by atoms with E-state index in [2.05, 4.69) is 162 Å². The van der Waals surface area contributed by atoms with Crippen LogP contribution in [-0.2, 0) is 16.2 Å². The van der Waals surface area contributed by atoms with Crippen molar-refractivity contribution >= 4 is 22.7 Å². The molecule has 0 aromatic heterocycles. The molecular formula is C45H40N2. The van der Waals surface area contributed by atoms with Crippen molar-refractivity contribution in [3.8, 4) is 33.4 Å². The summed E-state index contributed by atoms with van der Waals surface area (Å²) in [6.07, 6.45) is 0. The van der Waals surface area contributed by atoms with Crippen molar-refractivity contribution in [3.63, 3.8) is 0 Å². The smallest absolute Gasteiger partial charge is 0.0465 e. The first-order valence-corrected chi connectivity index (χ1v) is 16.8. The summed E-state index contributed by atoms with van der Waals surface area (Å²) < 4.78 is 0. The summed E-state index contributed by atoms with van der Waals surface area (Å²) in [5.74, 6) is 0. The SMILES string of the molecule is CC1(C)c2ccccc2-c2ccc(N(c3ccc4c(c3)C(C)(C)c3ccccc3-4)c3ccc4c(c3)C(C)(C)c3cc(N)ccc3-4)cc21. The number of benzene rings is 6. The largest absolute Gasteiger partial charge is 0.399 e. The van der Waals surface area contributed by atoms with E-state index < -0.39 is 0 Å². The van der Waals surface area contributed by atoms with Gasteiger partial charge >= 0.3 is 0 Å². The summed E-state index contributed by atoms with van der Waals surface area (Å²) in [5.41, 5.74) is 26.4. The standard InChI is InChI=1S/C45H40N2/c1-43(2)37-13-9-7-11-31(37)34-20-16-28(24-40(34)43)47(29-17-21-35-32-12-8-10-14-38(32)44(3,4)41(35)25-29)30-18-22-36-33-19-15-27(46)23-39(33)45(5,6)42(36)26-30/h7-26H,46H2,1-6H3. The maximum atomic E-state index is 6.31. The van der Waals surface area contributed by atoms with E-state index in [0.29, 0.717) is 0 Å². The topological polar surface area (TPSA) is 29.3 Å². The molecule has 6 aromatic rings. The number of hydrogen-bond donors (Lipinski definition) is 1. The maximum absolute atomic E-state index is 6.31. The van der Waals surface area contributed by atoms with E-state index in [1.165, 1.54) is 83.8 Å². The molecule has 0 radical (unpaired) electrons. The van der Waals surface area contributed by atoms with Crippen molar-refractivity contribution in [2.75, 3.05) is 10.6 Å². The van der Waals surface area contributed by atoms with Crippen LogP contribution in [0.15, 0.2) is 121 Å². The number of nitrogens with two attached hydrogens (primary N) is 1. The monoisotopic (exact) mass is 608 g/mol. The molecule has 230 valence electrons. The Morgan fingerprint density at radius 1 is 0.362 bits per heavy atom. The second kappa shape index (κ2) is 9.26. The van der Waals surface area contributed by atoms with Gasteiger partial charge in [0.05, 0.1) is 0 Å². The van der Waals surface area contributed by atoms with Crippen LogP contribution in [0, 0.1) is 0 Å². The second-order valence-electron chi connectivity index (χ2n) is 15.3. The van der Waals surface area contributed by atoms with E-state index in [9.17, 15) is 0 Å². The molecule has 0 saturated carbocycles. The first-order chi connectivity index (χ1) is 22.5. The van der Waals surface area contributed by atoms with Gasteiger partial charge in [0.2, 0.25) is 0 Å². The third-order valence-electron chi connectivity index (χ3n) is 11.6. The van der Waals surface area contributed by atoms with Gasteiger partial charge in [-0.1, -0.05) is 114 Å². The van der Waals surface area contributed by atoms with E-state index in [0.717, 1.165) is 5.69 Å². The minimum absolute atomic E-state index is 0.0866. The highest BCUT2D eigenvalue weighted by Crippen LogP contribution is 2.55. The van der Waals surface area contributed by atoms with Gasteiger partial charge in [0.15, 0.2) is 0 Å². The molecule has 0 amide bonds. The summed E-state index contributed by atoms with van der Waals surface area (Å²) in [6, 6.07) is 45.4. The van der Waals surface area contributed by atoms with Crippen LogP contribution in [0.3, 0.4) is 0 Å². The molecule has 0 aliphatic heterocycles. The Kier molecular flexibility index (Phi) is 5.55. The zero-order valence-corrected chi connectivity index (χ0v) is 28.1. The Bertz CT molecular complexity index is 2190. The molecule has 2 heteroatoms. The first-order valence-electron chi connectivity index (χ1n) is 16.8. The van der Waals surface area contributed by atoms with Gasteiger partial charge in [-0.3, -0.25) is 0 Å². The molecule has 0 unspecified atom stereocenters. The summed E-state index contributed by atoms with van der Waals surface area (Å²) in [7, 11) is 0. The van der Waals surface area contributed by atoms with Crippen LogP contribution >= 0.6 is 0 Å². The lowest BCUT2D eigenvalue weighted by atomic mass is 9.81. The number of nitrogen functional groups attached to an aromatic ring is 1. The predicted molar refractivity (Wildman–Crippen MR) is 198 cm³/mol. The van der Waals surface area contributed by atoms with E-state index in [1.807, 2.05) is 6.07 Å². The van der Waals surface area contributed by atoms with Crippen molar-refractivity contribution in [2.45, 2.75) is 57.8 Å². The van der Waals surface area contributed by atoms with E-state index in [4.69, 9.17) is 5.73 Å². The summed E-state index contributed by atoms with van der Waals surface area (Å²) in [6.45, 7) is 14.1. The van der Waals surface area contributed by atoms with Gasteiger partial charge in [-0.15, -0.1) is 0 Å². The fraction of sp³-hybridized carbons (Fsp3) is 0.200. The fourth-order valence-electron chi connectivity index (χ4n) is 8.99. The lowest BCUT2D eigenvalue weighted by molar-refractivity contribution is 0.659. The zero-order chi connectivity index (χ0) is 32.5. The molecule has 6 aromatic carbocycles. The number of hydrogen-bond acceptors (Lipinski definition) is 2. The molecule has 0 atom stereocenters. The van der Waals surface area contributed by atoms with E-state index in [-0.39, 0.29) is 16.2 Å². The number of anilines is 4. The van der Waals surface area contributed by atoms with Crippen LogP contribution in [0.1, 0.15) is 74.9 Å². The molecule has 0 saturated heterocycles. The third kappa shape index (κ3) is 3.73. The van der Waals surface area contributed by atoms with Gasteiger partial charge in [-0.25, -0.2) is 0 Å². The summed E-state index contributed by atoms with van der Waals surface area (Å²) >= 11 is 0. The average molecular weight is 609 g/mol. The maximum Gasteiger partial charge on any atom is 0.0465 e. The van der Waals surface area contributed by atoms with E-state index >= 15 is 0 Å². The van der Waals surface area contributed by atoms with Crippen molar-refractivity contribution in [3.05, 3.63) is 155 Å². The lowest BCUT2D eigenvalue weighted by Crippen LogP contribution is -2.19. The molecule has 0 fully saturated rings. The van der Waals surface area contributed by atoms with Gasteiger partial charge in [0.25, 0.3) is 0 Å². The molecule has 47 heavy (non-hydrogen) atoms. The van der Waals surface area contributed by atoms with Crippen molar-refractivity contribution < 1.29 is 0 Å². The van der Waals surface area contributed by atoms with Crippen molar-refractivity contribution in [2.24, 2.45) is 0 Å².